The minimum Gasteiger partial charge on any atom is -0.445 e. The predicted molar refractivity (Wildman–Crippen MR) is 68.7 cm³/mol. The van der Waals surface area contributed by atoms with Crippen LogP contribution in [0.3, 0.4) is 0 Å². The summed E-state index contributed by atoms with van der Waals surface area (Å²) in [4.78, 5) is 11.4. The van der Waals surface area contributed by atoms with Crippen LogP contribution in [0.25, 0.3) is 0 Å². The normalized spacial score (nSPS) is 13.7. The molecule has 0 spiro atoms. The Labute approximate surface area is 107 Å². The van der Waals surface area contributed by atoms with Crippen LogP contribution >= 0.6 is 0 Å². The average molecular weight is 252 g/mol. The number of amides is 1. The lowest BCUT2D eigenvalue weighted by atomic mass is 10.1. The van der Waals surface area contributed by atoms with E-state index in [9.17, 15) is 9.90 Å². The SMILES string of the molecule is CCCC(N)C(O)NC(=O)OCc1ccccc1. The smallest absolute Gasteiger partial charge is 0.409 e. The van der Waals surface area contributed by atoms with Gasteiger partial charge in [0.25, 0.3) is 0 Å². The number of nitrogens with two attached hydrogens (primary N) is 1. The zero-order chi connectivity index (χ0) is 13.4. The summed E-state index contributed by atoms with van der Waals surface area (Å²) in [6, 6.07) is 8.85. The van der Waals surface area contributed by atoms with Gasteiger partial charge in [-0.15, -0.1) is 0 Å². The minimum atomic E-state index is -1.08. The Bertz CT molecular complexity index is 357. The van der Waals surface area contributed by atoms with Gasteiger partial charge in [0, 0.05) is 6.04 Å². The van der Waals surface area contributed by atoms with E-state index in [1.165, 1.54) is 0 Å². The Morgan fingerprint density at radius 2 is 2.11 bits per heavy atom. The number of hydrogen-bond acceptors (Lipinski definition) is 4. The van der Waals surface area contributed by atoms with Crippen LogP contribution in [0.1, 0.15) is 25.3 Å². The first kappa shape index (κ1) is 14.5. The molecule has 0 aromatic heterocycles. The van der Waals surface area contributed by atoms with Crippen LogP contribution in [0.5, 0.6) is 0 Å². The number of carbonyl (C=O) groups excluding carboxylic acids is 1. The van der Waals surface area contributed by atoms with Crippen molar-refractivity contribution in [1.29, 1.82) is 0 Å². The molecule has 0 radical (unpaired) electrons. The van der Waals surface area contributed by atoms with Crippen LogP contribution in [-0.2, 0) is 11.3 Å². The molecule has 2 atom stereocenters. The molecule has 4 N–H and O–H groups in total. The lowest BCUT2D eigenvalue weighted by Crippen LogP contribution is -2.47. The molecule has 1 aromatic carbocycles. The maximum Gasteiger partial charge on any atom is 0.409 e. The zero-order valence-corrected chi connectivity index (χ0v) is 10.5. The van der Waals surface area contributed by atoms with Crippen LogP contribution in [0.4, 0.5) is 4.79 Å². The van der Waals surface area contributed by atoms with E-state index in [1.54, 1.807) is 0 Å². The molecule has 0 saturated carbocycles. The molecule has 5 heteroatoms. The minimum absolute atomic E-state index is 0.169. The van der Waals surface area contributed by atoms with Gasteiger partial charge in [-0.05, 0) is 12.0 Å². The van der Waals surface area contributed by atoms with Crippen molar-refractivity contribution in [1.82, 2.24) is 5.32 Å². The van der Waals surface area contributed by atoms with E-state index in [1.807, 2.05) is 37.3 Å². The largest absolute Gasteiger partial charge is 0.445 e. The topological polar surface area (TPSA) is 84.6 Å². The van der Waals surface area contributed by atoms with E-state index in [0.29, 0.717) is 6.42 Å². The molecule has 0 aliphatic heterocycles. The number of hydrogen-bond donors (Lipinski definition) is 3. The quantitative estimate of drug-likeness (QED) is 0.667. The molecule has 0 aliphatic rings. The van der Waals surface area contributed by atoms with E-state index in [-0.39, 0.29) is 6.61 Å². The average Bonchev–Trinajstić information content (AvgIpc) is 2.38. The molecule has 1 amide bonds. The second kappa shape index (κ2) is 7.68. The second-order valence-corrected chi connectivity index (χ2v) is 4.10. The third kappa shape index (κ3) is 5.16. The van der Waals surface area contributed by atoms with Gasteiger partial charge in [-0.1, -0.05) is 43.7 Å². The first-order valence-electron chi connectivity index (χ1n) is 6.04. The first-order chi connectivity index (χ1) is 8.63. The summed E-state index contributed by atoms with van der Waals surface area (Å²) in [5.41, 5.74) is 6.55. The van der Waals surface area contributed by atoms with Crippen molar-refractivity contribution >= 4 is 6.09 Å². The Kier molecular flexibility index (Phi) is 6.18. The van der Waals surface area contributed by atoms with Gasteiger partial charge in [0.05, 0.1) is 0 Å². The van der Waals surface area contributed by atoms with Crippen LogP contribution in [-0.4, -0.2) is 23.5 Å². The first-order valence-corrected chi connectivity index (χ1v) is 6.04. The molecule has 0 saturated heterocycles. The van der Waals surface area contributed by atoms with Crippen molar-refractivity contribution < 1.29 is 14.6 Å². The Morgan fingerprint density at radius 1 is 1.44 bits per heavy atom. The van der Waals surface area contributed by atoms with E-state index < -0.39 is 18.4 Å². The summed E-state index contributed by atoms with van der Waals surface area (Å²) in [5.74, 6) is 0. The highest BCUT2D eigenvalue weighted by Gasteiger charge is 2.16. The molecule has 2 unspecified atom stereocenters. The standard InChI is InChI=1S/C13H20N2O3/c1-2-6-11(14)12(16)15-13(17)18-9-10-7-4-3-5-8-10/h3-5,7-8,11-12,16H,2,6,9,14H2,1H3,(H,15,17). The monoisotopic (exact) mass is 252 g/mol. The van der Waals surface area contributed by atoms with Gasteiger partial charge in [-0.2, -0.15) is 0 Å². The van der Waals surface area contributed by atoms with Crippen molar-refractivity contribution in [3.63, 3.8) is 0 Å². The number of alkyl carbamates (subject to hydrolysis) is 1. The molecule has 5 nitrogen and oxygen atoms in total. The molecule has 1 rings (SSSR count). The number of carbonyl (C=O) groups is 1. The number of nitrogens with one attached hydrogen (secondary N) is 1. The lowest BCUT2D eigenvalue weighted by Gasteiger charge is -2.19. The lowest BCUT2D eigenvalue weighted by molar-refractivity contribution is 0.0788. The Balaban J connectivity index is 2.29. The maximum atomic E-state index is 11.4. The van der Waals surface area contributed by atoms with E-state index in [4.69, 9.17) is 10.5 Å². The number of aliphatic hydroxyl groups is 1. The van der Waals surface area contributed by atoms with E-state index >= 15 is 0 Å². The molecule has 0 heterocycles. The van der Waals surface area contributed by atoms with Gasteiger partial charge >= 0.3 is 6.09 Å². The molecule has 0 fully saturated rings. The summed E-state index contributed by atoms with van der Waals surface area (Å²) < 4.78 is 4.96. The van der Waals surface area contributed by atoms with Gasteiger partial charge < -0.3 is 15.6 Å². The summed E-state index contributed by atoms with van der Waals surface area (Å²) in [7, 11) is 0. The van der Waals surface area contributed by atoms with Gasteiger partial charge in [-0.3, -0.25) is 5.32 Å². The van der Waals surface area contributed by atoms with Crippen LogP contribution < -0.4 is 11.1 Å². The zero-order valence-electron chi connectivity index (χ0n) is 10.5. The molecule has 0 bridgehead atoms. The second-order valence-electron chi connectivity index (χ2n) is 4.10. The third-order valence-corrected chi connectivity index (χ3v) is 2.51. The van der Waals surface area contributed by atoms with Gasteiger partial charge in [-0.25, -0.2) is 4.79 Å². The molecule has 100 valence electrons. The highest BCUT2D eigenvalue weighted by atomic mass is 16.6. The maximum absolute atomic E-state index is 11.4. The van der Waals surface area contributed by atoms with Crippen LogP contribution in [0.2, 0.25) is 0 Å². The number of benzene rings is 1. The van der Waals surface area contributed by atoms with Crippen molar-refractivity contribution in [2.75, 3.05) is 0 Å². The number of aliphatic hydroxyl groups excluding tert-OH is 1. The highest BCUT2D eigenvalue weighted by Crippen LogP contribution is 2.01. The molecule has 1 aromatic rings. The number of rotatable bonds is 6. The summed E-state index contributed by atoms with van der Waals surface area (Å²) >= 11 is 0. The molecular weight excluding hydrogens is 232 g/mol. The van der Waals surface area contributed by atoms with Gasteiger partial charge in [0.1, 0.15) is 12.8 Å². The van der Waals surface area contributed by atoms with Crippen LogP contribution in [0.15, 0.2) is 30.3 Å². The third-order valence-electron chi connectivity index (χ3n) is 2.51. The summed E-state index contributed by atoms with van der Waals surface area (Å²) in [6.07, 6.45) is -0.259. The fourth-order valence-electron chi connectivity index (χ4n) is 1.48. The molecule has 0 aliphatic carbocycles. The molecular formula is C13H20N2O3. The summed E-state index contributed by atoms with van der Waals surface area (Å²) in [6.45, 7) is 2.13. The Hall–Kier alpha value is -1.59. The van der Waals surface area contributed by atoms with E-state index in [0.717, 1.165) is 12.0 Å². The highest BCUT2D eigenvalue weighted by molar-refractivity contribution is 5.67. The fraction of sp³-hybridized carbons (Fsp3) is 0.462. The van der Waals surface area contributed by atoms with Gasteiger partial charge in [0.2, 0.25) is 0 Å². The van der Waals surface area contributed by atoms with Crippen molar-refractivity contribution in [3.8, 4) is 0 Å². The fourth-order valence-corrected chi connectivity index (χ4v) is 1.48. The Morgan fingerprint density at radius 3 is 2.72 bits per heavy atom. The number of ether oxygens (including phenoxy) is 1. The predicted octanol–water partition coefficient (Wildman–Crippen LogP) is 1.36. The molecule has 18 heavy (non-hydrogen) atoms. The van der Waals surface area contributed by atoms with Crippen molar-refractivity contribution in [2.24, 2.45) is 5.73 Å². The van der Waals surface area contributed by atoms with Crippen LogP contribution in [0, 0.1) is 0 Å². The van der Waals surface area contributed by atoms with Crippen molar-refractivity contribution in [2.45, 2.75) is 38.6 Å². The van der Waals surface area contributed by atoms with Gasteiger partial charge in [0.15, 0.2) is 0 Å². The van der Waals surface area contributed by atoms with E-state index in [2.05, 4.69) is 5.32 Å². The summed E-state index contributed by atoms with van der Waals surface area (Å²) in [5, 5.41) is 11.9. The van der Waals surface area contributed by atoms with Crippen molar-refractivity contribution in [3.05, 3.63) is 35.9 Å².